The number of amides is 1. The summed E-state index contributed by atoms with van der Waals surface area (Å²) in [6, 6.07) is 17.0. The van der Waals surface area contributed by atoms with Gasteiger partial charge < -0.3 is 9.64 Å². The highest BCUT2D eigenvalue weighted by Gasteiger charge is 2.31. The molecule has 0 N–H and O–H groups in total. The van der Waals surface area contributed by atoms with E-state index in [4.69, 9.17) is 11.2 Å². The van der Waals surface area contributed by atoms with Crippen LogP contribution in [0.2, 0.25) is 0 Å². The Balaban J connectivity index is 1.90. The molecule has 3 rings (SSSR count). The lowest BCUT2D eigenvalue weighted by Crippen LogP contribution is -2.24. The highest BCUT2D eigenvalue weighted by atomic mass is 16.5. The monoisotopic (exact) mass is 277 g/mol. The van der Waals surface area contributed by atoms with Gasteiger partial charge in [-0.15, -0.1) is 12.3 Å². The zero-order valence-corrected chi connectivity index (χ0v) is 11.5. The first-order valence-electron chi connectivity index (χ1n) is 6.86. The Morgan fingerprint density at radius 2 is 1.81 bits per heavy atom. The van der Waals surface area contributed by atoms with Crippen LogP contribution in [-0.2, 0) is 4.79 Å². The summed E-state index contributed by atoms with van der Waals surface area (Å²) < 4.78 is 5.89. The van der Waals surface area contributed by atoms with E-state index in [9.17, 15) is 4.79 Å². The number of benzene rings is 2. The molecule has 0 spiro atoms. The lowest BCUT2D eigenvalue weighted by Gasteiger charge is -2.19. The molecule has 3 heteroatoms. The number of terminal acetylenes is 1. The smallest absolute Gasteiger partial charge is 0.228 e. The molecule has 3 nitrogen and oxygen atoms in total. The van der Waals surface area contributed by atoms with Crippen molar-refractivity contribution >= 4 is 11.6 Å². The number of para-hydroxylation sites is 3. The van der Waals surface area contributed by atoms with Crippen molar-refractivity contribution in [2.75, 3.05) is 11.4 Å². The van der Waals surface area contributed by atoms with E-state index < -0.39 is 0 Å². The molecule has 0 aromatic heterocycles. The van der Waals surface area contributed by atoms with Gasteiger partial charge in [-0.05, 0) is 24.3 Å². The van der Waals surface area contributed by atoms with Gasteiger partial charge in [0.1, 0.15) is 5.75 Å². The van der Waals surface area contributed by atoms with Gasteiger partial charge in [-0.2, -0.15) is 0 Å². The first-order valence-corrected chi connectivity index (χ1v) is 6.86. The molecule has 1 heterocycles. The van der Waals surface area contributed by atoms with Crippen LogP contribution in [0, 0.1) is 18.3 Å². The summed E-state index contributed by atoms with van der Waals surface area (Å²) in [4.78, 5) is 13.8. The van der Waals surface area contributed by atoms with Crippen molar-refractivity contribution < 1.29 is 9.53 Å². The molecule has 1 unspecified atom stereocenters. The minimum atomic E-state index is -0.0257. The van der Waals surface area contributed by atoms with Crippen molar-refractivity contribution in [2.45, 2.75) is 6.42 Å². The van der Waals surface area contributed by atoms with Gasteiger partial charge in [0.05, 0.1) is 5.69 Å². The van der Waals surface area contributed by atoms with Crippen molar-refractivity contribution in [3.8, 4) is 23.8 Å². The topological polar surface area (TPSA) is 29.5 Å². The van der Waals surface area contributed by atoms with Crippen LogP contribution >= 0.6 is 0 Å². The van der Waals surface area contributed by atoms with Crippen LogP contribution in [-0.4, -0.2) is 12.5 Å². The Hall–Kier alpha value is -2.73. The maximum absolute atomic E-state index is 12.1. The molecule has 1 atom stereocenters. The van der Waals surface area contributed by atoms with E-state index >= 15 is 0 Å². The Labute approximate surface area is 124 Å². The molecule has 0 bridgehead atoms. The maximum atomic E-state index is 12.1. The number of hydrogen-bond acceptors (Lipinski definition) is 2. The molecule has 2 aromatic carbocycles. The van der Waals surface area contributed by atoms with E-state index in [1.807, 2.05) is 54.6 Å². The Morgan fingerprint density at radius 1 is 1.10 bits per heavy atom. The number of rotatable bonds is 3. The SMILES string of the molecule is C#CC1CC(=O)N(c2ccccc2Oc2ccccc2)C1. The lowest BCUT2D eigenvalue weighted by molar-refractivity contribution is -0.117. The molecular formula is C18H15NO2. The van der Waals surface area contributed by atoms with Crippen molar-refractivity contribution in [1.82, 2.24) is 0 Å². The van der Waals surface area contributed by atoms with E-state index in [-0.39, 0.29) is 11.8 Å². The number of carbonyl (C=O) groups is 1. The molecule has 0 aliphatic carbocycles. The Kier molecular flexibility index (Phi) is 3.61. The van der Waals surface area contributed by atoms with E-state index in [0.29, 0.717) is 18.7 Å². The van der Waals surface area contributed by atoms with Gasteiger partial charge in [-0.3, -0.25) is 4.79 Å². The fraction of sp³-hybridized carbons (Fsp3) is 0.167. The van der Waals surface area contributed by atoms with Crippen molar-refractivity contribution in [2.24, 2.45) is 5.92 Å². The zero-order chi connectivity index (χ0) is 14.7. The van der Waals surface area contributed by atoms with Gasteiger partial charge in [0, 0.05) is 18.9 Å². The van der Waals surface area contributed by atoms with Gasteiger partial charge in [0.15, 0.2) is 5.75 Å². The third-order valence-electron chi connectivity index (χ3n) is 3.49. The average molecular weight is 277 g/mol. The van der Waals surface area contributed by atoms with E-state index in [1.165, 1.54) is 0 Å². The summed E-state index contributed by atoms with van der Waals surface area (Å²) in [5.41, 5.74) is 0.768. The minimum Gasteiger partial charge on any atom is -0.455 e. The van der Waals surface area contributed by atoms with E-state index in [2.05, 4.69) is 5.92 Å². The second kappa shape index (κ2) is 5.72. The van der Waals surface area contributed by atoms with Gasteiger partial charge >= 0.3 is 0 Å². The van der Waals surface area contributed by atoms with Crippen LogP contribution in [0.5, 0.6) is 11.5 Å². The lowest BCUT2D eigenvalue weighted by atomic mass is 10.1. The van der Waals surface area contributed by atoms with Gasteiger partial charge in [-0.1, -0.05) is 30.3 Å². The predicted octanol–water partition coefficient (Wildman–Crippen LogP) is 3.47. The zero-order valence-electron chi connectivity index (χ0n) is 11.5. The summed E-state index contributed by atoms with van der Waals surface area (Å²) in [5.74, 6) is 4.08. The fourth-order valence-electron chi connectivity index (χ4n) is 2.43. The van der Waals surface area contributed by atoms with E-state index in [0.717, 1.165) is 11.4 Å². The fourth-order valence-corrected chi connectivity index (χ4v) is 2.43. The van der Waals surface area contributed by atoms with Crippen LogP contribution in [0.25, 0.3) is 0 Å². The average Bonchev–Trinajstić information content (AvgIpc) is 2.90. The van der Waals surface area contributed by atoms with Gasteiger partial charge in [0.2, 0.25) is 5.91 Å². The standard InChI is InChI=1S/C18H15NO2/c1-2-14-12-18(20)19(13-14)16-10-6-7-11-17(16)21-15-8-4-3-5-9-15/h1,3-11,14H,12-13H2. The number of hydrogen-bond donors (Lipinski definition) is 0. The van der Waals surface area contributed by atoms with Crippen LogP contribution in [0.3, 0.4) is 0 Å². The molecule has 1 saturated heterocycles. The normalized spacial score (nSPS) is 17.6. The quantitative estimate of drug-likeness (QED) is 0.804. The number of nitrogens with zero attached hydrogens (tertiary/aromatic N) is 1. The number of carbonyl (C=O) groups excluding carboxylic acids is 1. The minimum absolute atomic E-state index is 0.0257. The highest BCUT2D eigenvalue weighted by Crippen LogP contribution is 2.35. The molecular weight excluding hydrogens is 262 g/mol. The van der Waals surface area contributed by atoms with Crippen molar-refractivity contribution in [3.05, 3.63) is 54.6 Å². The molecule has 2 aromatic rings. The molecule has 1 fully saturated rings. The van der Waals surface area contributed by atoms with Crippen molar-refractivity contribution in [1.29, 1.82) is 0 Å². The third-order valence-corrected chi connectivity index (χ3v) is 3.49. The summed E-state index contributed by atoms with van der Waals surface area (Å²) in [5, 5.41) is 0. The third kappa shape index (κ3) is 2.75. The summed E-state index contributed by atoms with van der Waals surface area (Å²) in [7, 11) is 0. The van der Waals surface area contributed by atoms with E-state index in [1.54, 1.807) is 4.90 Å². The van der Waals surface area contributed by atoms with Crippen LogP contribution in [0.1, 0.15) is 6.42 Å². The first kappa shape index (κ1) is 13.3. The maximum Gasteiger partial charge on any atom is 0.228 e. The van der Waals surface area contributed by atoms with Crippen molar-refractivity contribution in [3.63, 3.8) is 0 Å². The Morgan fingerprint density at radius 3 is 2.52 bits per heavy atom. The molecule has 1 amide bonds. The molecule has 21 heavy (non-hydrogen) atoms. The van der Waals surface area contributed by atoms with Crippen LogP contribution in [0.4, 0.5) is 5.69 Å². The second-order valence-corrected chi connectivity index (χ2v) is 4.95. The summed E-state index contributed by atoms with van der Waals surface area (Å²) >= 11 is 0. The predicted molar refractivity (Wildman–Crippen MR) is 82.3 cm³/mol. The van der Waals surface area contributed by atoms with Crippen LogP contribution < -0.4 is 9.64 Å². The number of ether oxygens (including phenoxy) is 1. The molecule has 104 valence electrons. The molecule has 1 aliphatic rings. The highest BCUT2D eigenvalue weighted by molar-refractivity contribution is 5.97. The Bertz CT molecular complexity index is 688. The second-order valence-electron chi connectivity index (χ2n) is 4.95. The number of anilines is 1. The largest absolute Gasteiger partial charge is 0.455 e. The van der Waals surface area contributed by atoms with Gasteiger partial charge in [0.25, 0.3) is 0 Å². The van der Waals surface area contributed by atoms with Gasteiger partial charge in [-0.25, -0.2) is 0 Å². The first-order chi connectivity index (χ1) is 10.3. The summed E-state index contributed by atoms with van der Waals surface area (Å²) in [6.45, 7) is 0.546. The molecule has 0 radical (unpaired) electrons. The van der Waals surface area contributed by atoms with Crippen LogP contribution in [0.15, 0.2) is 54.6 Å². The molecule has 0 saturated carbocycles. The summed E-state index contributed by atoms with van der Waals surface area (Å²) in [6.07, 6.45) is 5.84. The molecule has 1 aliphatic heterocycles.